The number of hydrogen-bond acceptors (Lipinski definition) is 1. The van der Waals surface area contributed by atoms with E-state index in [0.717, 1.165) is 18.6 Å². The Labute approximate surface area is 68.8 Å². The average Bonchev–Trinajstić information content (AvgIpc) is 2.04. The fourth-order valence-electron chi connectivity index (χ4n) is 1.62. The van der Waals surface area contributed by atoms with Crippen molar-refractivity contribution in [2.24, 2.45) is 0 Å². The molecule has 1 aliphatic rings. The fourth-order valence-corrected chi connectivity index (χ4v) is 1.62. The van der Waals surface area contributed by atoms with Crippen molar-refractivity contribution in [2.75, 3.05) is 7.11 Å². The van der Waals surface area contributed by atoms with E-state index in [2.05, 4.69) is 13.5 Å². The van der Waals surface area contributed by atoms with Crippen LogP contribution >= 0.6 is 0 Å². The van der Waals surface area contributed by atoms with Gasteiger partial charge in [-0.25, -0.2) is 0 Å². The van der Waals surface area contributed by atoms with Crippen molar-refractivity contribution >= 4 is 0 Å². The second kappa shape index (κ2) is 3.61. The molecule has 0 heterocycles. The molecule has 1 nitrogen and oxygen atoms in total. The van der Waals surface area contributed by atoms with Gasteiger partial charge in [-0.1, -0.05) is 13.5 Å². The van der Waals surface area contributed by atoms with E-state index in [0.29, 0.717) is 0 Å². The molecule has 0 aliphatic heterocycles. The van der Waals surface area contributed by atoms with Crippen molar-refractivity contribution in [1.29, 1.82) is 0 Å². The molecule has 0 atom stereocenters. The van der Waals surface area contributed by atoms with Gasteiger partial charge in [0.05, 0.1) is 7.11 Å². The minimum Gasteiger partial charge on any atom is -0.497 e. The van der Waals surface area contributed by atoms with Gasteiger partial charge in [0.15, 0.2) is 0 Å². The summed E-state index contributed by atoms with van der Waals surface area (Å²) in [6.45, 7) is 6.16. The highest BCUT2D eigenvalue weighted by molar-refractivity contribution is 5.31. The summed E-state index contributed by atoms with van der Waals surface area (Å²) in [6, 6.07) is 0. The van der Waals surface area contributed by atoms with Crippen molar-refractivity contribution in [1.82, 2.24) is 0 Å². The van der Waals surface area contributed by atoms with E-state index in [4.69, 9.17) is 4.74 Å². The summed E-state index contributed by atoms with van der Waals surface area (Å²) in [5, 5.41) is 0. The van der Waals surface area contributed by atoms with Crippen LogP contribution in [0, 0.1) is 0 Å². The zero-order valence-electron chi connectivity index (χ0n) is 7.44. The molecule has 0 saturated heterocycles. The van der Waals surface area contributed by atoms with E-state index < -0.39 is 0 Å². The largest absolute Gasteiger partial charge is 0.497 e. The van der Waals surface area contributed by atoms with Gasteiger partial charge in [0.25, 0.3) is 0 Å². The molecule has 0 spiro atoms. The number of allylic oxidation sites excluding steroid dienone is 2. The Morgan fingerprint density at radius 3 is 2.64 bits per heavy atom. The lowest BCUT2D eigenvalue weighted by Gasteiger charge is -2.20. The Hall–Kier alpha value is -0.720. The van der Waals surface area contributed by atoms with Gasteiger partial charge in [0, 0.05) is 0 Å². The molecule has 62 valence electrons. The molecule has 0 radical (unpaired) electrons. The van der Waals surface area contributed by atoms with Crippen LogP contribution in [0.3, 0.4) is 0 Å². The van der Waals surface area contributed by atoms with Crippen LogP contribution in [-0.2, 0) is 4.74 Å². The molecule has 0 fully saturated rings. The number of hydrogen-bond donors (Lipinski definition) is 0. The minimum atomic E-state index is 1.07. The van der Waals surface area contributed by atoms with Crippen LogP contribution in [-0.4, -0.2) is 7.11 Å². The van der Waals surface area contributed by atoms with E-state index in [9.17, 15) is 0 Å². The summed E-state index contributed by atoms with van der Waals surface area (Å²) < 4.78 is 5.29. The second-order valence-corrected chi connectivity index (χ2v) is 2.95. The van der Waals surface area contributed by atoms with E-state index in [1.54, 1.807) is 7.11 Å². The van der Waals surface area contributed by atoms with E-state index >= 15 is 0 Å². The highest BCUT2D eigenvalue weighted by Gasteiger charge is 2.14. The van der Waals surface area contributed by atoms with Gasteiger partial charge in [0.1, 0.15) is 5.76 Å². The van der Waals surface area contributed by atoms with Crippen molar-refractivity contribution in [3.8, 4) is 0 Å². The highest BCUT2D eigenvalue weighted by Crippen LogP contribution is 2.30. The summed E-state index contributed by atoms with van der Waals surface area (Å²) in [5.41, 5.74) is 2.61. The maximum absolute atomic E-state index is 5.29. The molecule has 0 saturated carbocycles. The smallest absolute Gasteiger partial charge is 0.120 e. The van der Waals surface area contributed by atoms with Crippen LogP contribution in [0.1, 0.15) is 32.6 Å². The summed E-state index contributed by atoms with van der Waals surface area (Å²) in [6.07, 6.45) is 4.64. The van der Waals surface area contributed by atoms with Crippen LogP contribution in [0.2, 0.25) is 0 Å². The van der Waals surface area contributed by atoms with Gasteiger partial charge in [-0.2, -0.15) is 0 Å². The molecule has 0 aromatic rings. The van der Waals surface area contributed by atoms with Crippen LogP contribution in [0.5, 0.6) is 0 Å². The Kier molecular flexibility index (Phi) is 2.75. The maximum Gasteiger partial charge on any atom is 0.120 e. The zero-order chi connectivity index (χ0) is 8.27. The molecule has 0 bridgehead atoms. The molecule has 1 rings (SSSR count). The molecule has 11 heavy (non-hydrogen) atoms. The first-order valence-electron chi connectivity index (χ1n) is 4.23. The first kappa shape index (κ1) is 8.38. The summed E-state index contributed by atoms with van der Waals surface area (Å²) in [7, 11) is 1.74. The molecular formula is C10H16O. The lowest BCUT2D eigenvalue weighted by Crippen LogP contribution is -2.03. The van der Waals surface area contributed by atoms with E-state index in [1.165, 1.54) is 24.0 Å². The molecule has 0 unspecified atom stereocenters. The fraction of sp³-hybridized carbons (Fsp3) is 0.600. The van der Waals surface area contributed by atoms with Crippen molar-refractivity contribution < 1.29 is 4.74 Å². The van der Waals surface area contributed by atoms with Crippen LogP contribution in [0.15, 0.2) is 23.5 Å². The van der Waals surface area contributed by atoms with Gasteiger partial charge in [0.2, 0.25) is 0 Å². The molecule has 1 heteroatoms. The Bertz CT molecular complexity index is 189. The Morgan fingerprint density at radius 2 is 2.18 bits per heavy atom. The Morgan fingerprint density at radius 1 is 1.45 bits per heavy atom. The van der Waals surface area contributed by atoms with Crippen molar-refractivity contribution in [3.63, 3.8) is 0 Å². The normalized spacial score (nSPS) is 18.9. The molecule has 0 amide bonds. The van der Waals surface area contributed by atoms with Crippen LogP contribution < -0.4 is 0 Å². The predicted molar refractivity (Wildman–Crippen MR) is 47.3 cm³/mol. The van der Waals surface area contributed by atoms with Gasteiger partial charge >= 0.3 is 0 Å². The minimum absolute atomic E-state index is 1.07. The molecule has 0 N–H and O–H groups in total. The summed E-state index contributed by atoms with van der Waals surface area (Å²) in [5.74, 6) is 1.07. The summed E-state index contributed by atoms with van der Waals surface area (Å²) >= 11 is 0. The number of methoxy groups -OCH3 is 1. The quantitative estimate of drug-likeness (QED) is 0.591. The topological polar surface area (TPSA) is 9.23 Å². The molecular weight excluding hydrogens is 136 g/mol. The Balaban J connectivity index is 2.86. The molecule has 0 aromatic heterocycles. The number of ether oxygens (including phenoxy) is 1. The second-order valence-electron chi connectivity index (χ2n) is 2.95. The average molecular weight is 152 g/mol. The third-order valence-corrected chi connectivity index (χ3v) is 2.23. The SMILES string of the molecule is C=C1CCCC(CC)=C1OC. The highest BCUT2D eigenvalue weighted by atomic mass is 16.5. The molecule has 0 aromatic carbocycles. The van der Waals surface area contributed by atoms with Gasteiger partial charge < -0.3 is 4.74 Å². The standard InChI is InChI=1S/C10H16O/c1-4-9-7-5-6-8(2)10(9)11-3/h2,4-7H2,1,3H3. The van der Waals surface area contributed by atoms with Gasteiger partial charge in [-0.15, -0.1) is 0 Å². The zero-order valence-corrected chi connectivity index (χ0v) is 7.44. The third kappa shape index (κ3) is 1.65. The van der Waals surface area contributed by atoms with Crippen molar-refractivity contribution in [2.45, 2.75) is 32.6 Å². The third-order valence-electron chi connectivity index (χ3n) is 2.23. The lowest BCUT2D eigenvalue weighted by molar-refractivity contribution is 0.286. The monoisotopic (exact) mass is 152 g/mol. The van der Waals surface area contributed by atoms with Crippen LogP contribution in [0.4, 0.5) is 0 Å². The maximum atomic E-state index is 5.29. The van der Waals surface area contributed by atoms with E-state index in [1.807, 2.05) is 0 Å². The van der Waals surface area contributed by atoms with Crippen molar-refractivity contribution in [3.05, 3.63) is 23.5 Å². The van der Waals surface area contributed by atoms with Crippen LogP contribution in [0.25, 0.3) is 0 Å². The molecule has 1 aliphatic carbocycles. The first-order chi connectivity index (χ1) is 5.29. The summed E-state index contributed by atoms with van der Waals surface area (Å²) in [4.78, 5) is 0. The first-order valence-corrected chi connectivity index (χ1v) is 4.23. The predicted octanol–water partition coefficient (Wildman–Crippen LogP) is 3.04. The van der Waals surface area contributed by atoms with E-state index in [-0.39, 0.29) is 0 Å². The lowest BCUT2D eigenvalue weighted by atomic mass is 9.93. The van der Waals surface area contributed by atoms with Gasteiger partial charge in [-0.05, 0) is 36.8 Å². The number of rotatable bonds is 2. The van der Waals surface area contributed by atoms with Gasteiger partial charge in [-0.3, -0.25) is 0 Å².